The largest absolute Gasteiger partial charge is 0.481 e. The van der Waals surface area contributed by atoms with Gasteiger partial charge in [0, 0.05) is 18.4 Å². The first kappa shape index (κ1) is 17.2. The first-order chi connectivity index (χ1) is 11.1. The van der Waals surface area contributed by atoms with E-state index in [1.54, 1.807) is 24.3 Å². The maximum Gasteiger partial charge on any atom is 0.310 e. The van der Waals surface area contributed by atoms with Crippen LogP contribution in [-0.2, 0) is 9.53 Å². The van der Waals surface area contributed by atoms with Crippen LogP contribution in [0.2, 0.25) is 0 Å². The number of carbonyl (C=O) groups is 2. The standard InChI is InChI=1S/C18H18O4S/c1-22-16(13-8-4-2-5-9-13)15(17(19)20)12-23-18(21)14-10-6-3-7-11-14/h2-11,15-16H,12H2,1H3,(H,19,20). The fourth-order valence-electron chi connectivity index (χ4n) is 2.29. The van der Waals surface area contributed by atoms with Gasteiger partial charge in [-0.15, -0.1) is 0 Å². The zero-order valence-corrected chi connectivity index (χ0v) is 13.5. The summed E-state index contributed by atoms with van der Waals surface area (Å²) >= 11 is 1.00. The highest BCUT2D eigenvalue weighted by molar-refractivity contribution is 8.14. The van der Waals surface area contributed by atoms with Crippen molar-refractivity contribution in [2.75, 3.05) is 12.9 Å². The minimum Gasteiger partial charge on any atom is -0.481 e. The molecule has 0 aliphatic rings. The van der Waals surface area contributed by atoms with Crippen LogP contribution in [0, 0.1) is 5.92 Å². The maximum absolute atomic E-state index is 12.1. The van der Waals surface area contributed by atoms with Gasteiger partial charge < -0.3 is 9.84 Å². The van der Waals surface area contributed by atoms with Crippen LogP contribution in [-0.4, -0.2) is 29.1 Å². The second-order valence-corrected chi connectivity index (χ2v) is 5.97. The Hall–Kier alpha value is -2.11. The third-order valence-corrected chi connectivity index (χ3v) is 4.49. The van der Waals surface area contributed by atoms with Crippen molar-refractivity contribution in [3.63, 3.8) is 0 Å². The highest BCUT2D eigenvalue weighted by Gasteiger charge is 2.30. The average Bonchev–Trinajstić information content (AvgIpc) is 2.59. The molecule has 5 heteroatoms. The molecule has 0 saturated heterocycles. The zero-order chi connectivity index (χ0) is 16.7. The van der Waals surface area contributed by atoms with Gasteiger partial charge >= 0.3 is 5.97 Å². The van der Waals surface area contributed by atoms with E-state index < -0.39 is 18.0 Å². The van der Waals surface area contributed by atoms with E-state index in [-0.39, 0.29) is 10.9 Å². The summed E-state index contributed by atoms with van der Waals surface area (Å²) in [5.74, 6) is -1.63. The van der Waals surface area contributed by atoms with Gasteiger partial charge in [-0.05, 0) is 5.56 Å². The number of hydrogen-bond donors (Lipinski definition) is 1. The number of carboxylic acids is 1. The van der Waals surface area contributed by atoms with Gasteiger partial charge in [0.05, 0.1) is 12.0 Å². The van der Waals surface area contributed by atoms with Crippen LogP contribution in [0.15, 0.2) is 60.7 Å². The summed E-state index contributed by atoms with van der Waals surface area (Å²) in [7, 11) is 1.48. The number of rotatable bonds is 7. The van der Waals surface area contributed by atoms with Crippen molar-refractivity contribution in [3.8, 4) is 0 Å². The molecule has 0 aliphatic carbocycles. The first-order valence-electron chi connectivity index (χ1n) is 7.16. The Morgan fingerprint density at radius 1 is 1.04 bits per heavy atom. The molecule has 2 unspecified atom stereocenters. The van der Waals surface area contributed by atoms with Gasteiger partial charge in [-0.3, -0.25) is 9.59 Å². The molecule has 1 N–H and O–H groups in total. The number of carboxylic acid groups (broad SMARTS) is 1. The normalized spacial score (nSPS) is 13.3. The van der Waals surface area contributed by atoms with E-state index >= 15 is 0 Å². The van der Waals surface area contributed by atoms with Gasteiger partial charge in [0.15, 0.2) is 0 Å². The molecule has 120 valence electrons. The van der Waals surface area contributed by atoms with Crippen molar-refractivity contribution in [2.24, 2.45) is 5.92 Å². The Balaban J connectivity index is 2.09. The molecule has 0 amide bonds. The molecule has 2 rings (SSSR count). The van der Waals surface area contributed by atoms with Gasteiger partial charge in [-0.25, -0.2) is 0 Å². The average molecular weight is 330 g/mol. The third kappa shape index (κ3) is 4.68. The van der Waals surface area contributed by atoms with Crippen molar-refractivity contribution in [2.45, 2.75) is 6.10 Å². The molecule has 0 fully saturated rings. The Bertz CT molecular complexity index is 643. The maximum atomic E-state index is 12.1. The van der Waals surface area contributed by atoms with Crippen LogP contribution in [0.5, 0.6) is 0 Å². The monoisotopic (exact) mass is 330 g/mol. The third-order valence-electron chi connectivity index (χ3n) is 3.47. The first-order valence-corrected chi connectivity index (χ1v) is 8.14. The SMILES string of the molecule is COC(c1ccccc1)C(CSC(=O)c1ccccc1)C(=O)O. The van der Waals surface area contributed by atoms with Gasteiger partial charge in [0.1, 0.15) is 0 Å². The molecule has 0 aromatic heterocycles. The highest BCUT2D eigenvalue weighted by atomic mass is 32.2. The van der Waals surface area contributed by atoms with Gasteiger partial charge in [0.2, 0.25) is 5.12 Å². The second-order valence-electron chi connectivity index (χ2n) is 4.98. The summed E-state index contributed by atoms with van der Waals surface area (Å²) in [6.07, 6.45) is -0.593. The number of methoxy groups -OCH3 is 1. The summed E-state index contributed by atoms with van der Waals surface area (Å²) in [5, 5.41) is 9.38. The topological polar surface area (TPSA) is 63.6 Å². The number of benzene rings is 2. The number of thioether (sulfide) groups is 1. The zero-order valence-electron chi connectivity index (χ0n) is 12.7. The summed E-state index contributed by atoms with van der Waals surface area (Å²) in [5.41, 5.74) is 1.35. The fraction of sp³-hybridized carbons (Fsp3) is 0.222. The molecular formula is C18H18O4S. The molecule has 0 radical (unpaired) electrons. The van der Waals surface area contributed by atoms with Crippen LogP contribution in [0.4, 0.5) is 0 Å². The van der Waals surface area contributed by atoms with Crippen LogP contribution in [0.25, 0.3) is 0 Å². The Morgan fingerprint density at radius 2 is 1.61 bits per heavy atom. The summed E-state index contributed by atoms with van der Waals surface area (Å²) in [6.45, 7) is 0. The Morgan fingerprint density at radius 3 is 2.13 bits per heavy atom. The highest BCUT2D eigenvalue weighted by Crippen LogP contribution is 2.29. The lowest BCUT2D eigenvalue weighted by Crippen LogP contribution is -2.26. The lowest BCUT2D eigenvalue weighted by Gasteiger charge is -2.22. The molecular weight excluding hydrogens is 312 g/mol. The number of aliphatic carboxylic acids is 1. The second kappa shape index (κ2) is 8.50. The van der Waals surface area contributed by atoms with E-state index in [9.17, 15) is 14.7 Å². The molecule has 2 atom stereocenters. The quantitative estimate of drug-likeness (QED) is 0.839. The molecule has 4 nitrogen and oxygen atoms in total. The van der Waals surface area contributed by atoms with Gasteiger partial charge in [-0.2, -0.15) is 0 Å². The van der Waals surface area contributed by atoms with Crippen LogP contribution >= 0.6 is 11.8 Å². The summed E-state index contributed by atoms with van der Waals surface area (Å²) < 4.78 is 5.39. The molecule has 0 spiro atoms. The smallest absolute Gasteiger partial charge is 0.310 e. The van der Waals surface area contributed by atoms with Crippen molar-refractivity contribution < 1.29 is 19.4 Å². The Labute approximate surface area is 139 Å². The number of hydrogen-bond acceptors (Lipinski definition) is 4. The molecule has 2 aromatic rings. The lowest BCUT2D eigenvalue weighted by molar-refractivity contribution is -0.145. The molecule has 0 heterocycles. The number of ether oxygens (including phenoxy) is 1. The van der Waals surface area contributed by atoms with Crippen LogP contribution in [0.1, 0.15) is 22.0 Å². The molecule has 23 heavy (non-hydrogen) atoms. The Kier molecular flexibility index (Phi) is 6.38. The van der Waals surface area contributed by atoms with Gasteiger partial charge in [-0.1, -0.05) is 72.4 Å². The van der Waals surface area contributed by atoms with E-state index in [0.717, 1.165) is 17.3 Å². The van der Waals surface area contributed by atoms with E-state index in [4.69, 9.17) is 4.74 Å². The minimum atomic E-state index is -0.978. The van der Waals surface area contributed by atoms with E-state index in [2.05, 4.69) is 0 Å². The molecule has 2 aromatic carbocycles. The van der Waals surface area contributed by atoms with E-state index in [1.807, 2.05) is 36.4 Å². The van der Waals surface area contributed by atoms with Crippen molar-refractivity contribution in [3.05, 3.63) is 71.8 Å². The summed E-state index contributed by atoms with van der Waals surface area (Å²) in [4.78, 5) is 23.8. The van der Waals surface area contributed by atoms with Crippen molar-refractivity contribution >= 4 is 22.8 Å². The molecule has 0 aliphatic heterocycles. The lowest BCUT2D eigenvalue weighted by atomic mass is 9.97. The minimum absolute atomic E-state index is 0.139. The molecule has 0 saturated carbocycles. The summed E-state index contributed by atoms with van der Waals surface area (Å²) in [6, 6.07) is 18.0. The van der Waals surface area contributed by atoms with E-state index in [0.29, 0.717) is 5.56 Å². The van der Waals surface area contributed by atoms with Crippen molar-refractivity contribution in [1.29, 1.82) is 0 Å². The van der Waals surface area contributed by atoms with Crippen molar-refractivity contribution in [1.82, 2.24) is 0 Å². The molecule has 0 bridgehead atoms. The predicted molar refractivity (Wildman–Crippen MR) is 90.5 cm³/mol. The van der Waals surface area contributed by atoms with Crippen LogP contribution in [0.3, 0.4) is 0 Å². The fourth-order valence-corrected chi connectivity index (χ4v) is 3.24. The van der Waals surface area contributed by atoms with E-state index in [1.165, 1.54) is 7.11 Å². The predicted octanol–water partition coefficient (Wildman–Crippen LogP) is 3.65. The van der Waals surface area contributed by atoms with Gasteiger partial charge in [0.25, 0.3) is 0 Å². The van der Waals surface area contributed by atoms with Crippen LogP contribution < -0.4 is 0 Å². The number of carbonyl (C=O) groups excluding carboxylic acids is 1.